The smallest absolute Gasteiger partial charge is 0.349 e. The lowest BCUT2D eigenvalue weighted by Gasteiger charge is -2.29. The zero-order valence-corrected chi connectivity index (χ0v) is 22.1. The first kappa shape index (κ1) is 38.0. The van der Waals surface area contributed by atoms with Crippen molar-refractivity contribution in [3.05, 3.63) is 0 Å². The third-order valence-electron chi connectivity index (χ3n) is 4.86. The van der Waals surface area contributed by atoms with Gasteiger partial charge in [0.25, 0.3) is 0 Å². The molecule has 0 saturated heterocycles. The number of hydrogen-bond acceptors (Lipinski definition) is 17. The van der Waals surface area contributed by atoms with Crippen molar-refractivity contribution in [1.82, 2.24) is 0 Å². The summed E-state index contributed by atoms with van der Waals surface area (Å²) in [6.07, 6.45) is -14.9. The second-order valence-corrected chi connectivity index (χ2v) is 8.65. The minimum absolute atomic E-state index is 0.848. The van der Waals surface area contributed by atoms with Crippen molar-refractivity contribution < 1.29 is 103 Å². The lowest BCUT2D eigenvalue weighted by atomic mass is 9.94. The van der Waals surface area contributed by atoms with Gasteiger partial charge in [-0.15, -0.1) is 0 Å². The van der Waals surface area contributed by atoms with Gasteiger partial charge < -0.3 is 54.7 Å². The Morgan fingerprint density at radius 1 is 0.535 bits per heavy atom. The number of carbonyl (C=O) groups excluding carboxylic acids is 6. The van der Waals surface area contributed by atoms with Crippen LogP contribution in [-0.2, 0) is 66.9 Å². The number of aliphatic carboxylic acids is 4. The van der Waals surface area contributed by atoms with E-state index in [1.54, 1.807) is 0 Å². The van der Waals surface area contributed by atoms with Crippen LogP contribution >= 0.6 is 0 Å². The molecule has 0 radical (unpaired) electrons. The van der Waals surface area contributed by atoms with E-state index in [1.807, 2.05) is 0 Å². The van der Waals surface area contributed by atoms with Gasteiger partial charge in [0.05, 0.1) is 32.1 Å². The number of carbonyl (C=O) groups is 10. The fraction of sp³-hybridized carbons (Fsp3) is 0.545. The molecule has 5 unspecified atom stereocenters. The number of hydrogen-bond donors (Lipinski definition) is 7. The maximum atomic E-state index is 12.4. The molecule has 21 heteroatoms. The fourth-order valence-electron chi connectivity index (χ4n) is 2.84. The molecule has 240 valence electrons. The van der Waals surface area contributed by atoms with Crippen LogP contribution in [0.1, 0.15) is 46.0 Å². The molecule has 0 aromatic carbocycles. The largest absolute Gasteiger partial charge is 0.481 e. The average Bonchev–Trinajstić information content (AvgIpc) is 2.81. The van der Waals surface area contributed by atoms with Gasteiger partial charge in [0.2, 0.25) is 11.2 Å². The van der Waals surface area contributed by atoms with E-state index < -0.39 is 121 Å². The predicted molar refractivity (Wildman–Crippen MR) is 123 cm³/mol. The first-order valence-corrected chi connectivity index (χ1v) is 11.5. The van der Waals surface area contributed by atoms with Gasteiger partial charge in [-0.1, -0.05) is 0 Å². The van der Waals surface area contributed by atoms with Crippen molar-refractivity contribution in [2.45, 2.75) is 75.5 Å². The molecular weight excluding hydrogens is 600 g/mol. The molecule has 0 aromatic rings. The Morgan fingerprint density at radius 2 is 0.884 bits per heavy atom. The summed E-state index contributed by atoms with van der Waals surface area (Å²) in [7, 11) is 0. The topological polar surface area (TPSA) is 349 Å². The van der Waals surface area contributed by atoms with E-state index in [9.17, 15) is 63.3 Å². The highest BCUT2D eigenvalue weighted by atomic mass is 16.6. The van der Waals surface area contributed by atoms with Crippen LogP contribution in [0.25, 0.3) is 0 Å². The zero-order valence-electron chi connectivity index (χ0n) is 22.1. The summed E-state index contributed by atoms with van der Waals surface area (Å²) in [5.41, 5.74) is -6.70. The summed E-state index contributed by atoms with van der Waals surface area (Å²) in [6, 6.07) is 0. The normalized spacial score (nSPS) is 15.6. The SMILES string of the molecule is CC(O)C(=O)OC(=O)CC(CC(=O)O)(OC(=O)CC(O)C(=O)OC(CC(=O)O)(CC(=O)OC(=O)C(C)O)C(=O)O)C(=O)O. The number of rotatable bonds is 17. The molecule has 0 saturated carbocycles. The molecule has 0 bridgehead atoms. The standard InChI is InChI=1S/C22H26O21/c1-8(23)16(33)40-14(31)6-21(19(36)37,4-11(26)27)42-13(30)3-10(25)18(35)43-22(20(38)39,5-12(28)29)7-15(32)41-17(34)9(2)24/h8-10,23-25H,3-7H2,1-2H3,(H,26,27)(H,28,29)(H,36,37)(H,38,39). The number of esters is 6. The van der Waals surface area contributed by atoms with E-state index in [2.05, 4.69) is 18.9 Å². The van der Waals surface area contributed by atoms with Crippen molar-refractivity contribution in [3.63, 3.8) is 0 Å². The molecule has 0 amide bonds. The lowest BCUT2D eigenvalue weighted by molar-refractivity contribution is -0.196. The molecule has 21 nitrogen and oxygen atoms in total. The molecule has 0 rings (SSSR count). The quantitative estimate of drug-likeness (QED) is 0.0460. The van der Waals surface area contributed by atoms with Crippen LogP contribution in [0.4, 0.5) is 0 Å². The molecule has 0 heterocycles. The third kappa shape index (κ3) is 12.2. The van der Waals surface area contributed by atoms with Crippen LogP contribution in [0.2, 0.25) is 0 Å². The van der Waals surface area contributed by atoms with Crippen LogP contribution in [0.15, 0.2) is 0 Å². The number of carboxylic acid groups (broad SMARTS) is 4. The number of aliphatic hydroxyl groups excluding tert-OH is 3. The molecule has 0 aromatic heterocycles. The van der Waals surface area contributed by atoms with Crippen LogP contribution in [0, 0.1) is 0 Å². The Hall–Kier alpha value is -5.02. The Kier molecular flexibility index (Phi) is 14.0. The first-order valence-electron chi connectivity index (χ1n) is 11.5. The molecule has 5 atom stereocenters. The summed E-state index contributed by atoms with van der Waals surface area (Å²) in [5, 5.41) is 65.3. The summed E-state index contributed by atoms with van der Waals surface area (Å²) in [5.74, 6) is -19.5. The van der Waals surface area contributed by atoms with E-state index in [1.165, 1.54) is 0 Å². The van der Waals surface area contributed by atoms with E-state index in [4.69, 9.17) is 20.4 Å². The van der Waals surface area contributed by atoms with Crippen molar-refractivity contribution in [1.29, 1.82) is 0 Å². The van der Waals surface area contributed by atoms with Crippen molar-refractivity contribution >= 4 is 59.7 Å². The van der Waals surface area contributed by atoms with Crippen LogP contribution in [-0.4, -0.2) is 125 Å². The summed E-state index contributed by atoms with van der Waals surface area (Å²) in [6.45, 7) is 1.70. The van der Waals surface area contributed by atoms with Gasteiger partial charge in [0.1, 0.15) is 12.2 Å². The van der Waals surface area contributed by atoms with Gasteiger partial charge >= 0.3 is 59.7 Å². The van der Waals surface area contributed by atoms with Crippen molar-refractivity contribution in [3.8, 4) is 0 Å². The van der Waals surface area contributed by atoms with Crippen LogP contribution in [0.3, 0.4) is 0 Å². The van der Waals surface area contributed by atoms with Gasteiger partial charge in [-0.2, -0.15) is 0 Å². The Morgan fingerprint density at radius 3 is 1.19 bits per heavy atom. The Balaban J connectivity index is 6.01. The molecule has 43 heavy (non-hydrogen) atoms. The van der Waals surface area contributed by atoms with Crippen molar-refractivity contribution in [2.75, 3.05) is 0 Å². The molecule has 0 aliphatic rings. The second kappa shape index (κ2) is 15.8. The third-order valence-corrected chi connectivity index (χ3v) is 4.86. The second-order valence-electron chi connectivity index (χ2n) is 8.65. The predicted octanol–water partition coefficient (Wildman–Crippen LogP) is -3.90. The first-order chi connectivity index (χ1) is 19.6. The van der Waals surface area contributed by atoms with Crippen LogP contribution < -0.4 is 0 Å². The van der Waals surface area contributed by atoms with Crippen LogP contribution in [0.5, 0.6) is 0 Å². The van der Waals surface area contributed by atoms with Gasteiger partial charge in [-0.05, 0) is 13.8 Å². The molecule has 0 spiro atoms. The van der Waals surface area contributed by atoms with E-state index >= 15 is 0 Å². The molecule has 0 fully saturated rings. The lowest BCUT2D eigenvalue weighted by Crippen LogP contribution is -2.50. The number of ether oxygens (including phenoxy) is 4. The van der Waals surface area contributed by atoms with Gasteiger partial charge in [0.15, 0.2) is 6.10 Å². The molecule has 0 aliphatic carbocycles. The Bertz CT molecular complexity index is 1170. The minimum Gasteiger partial charge on any atom is -0.481 e. The summed E-state index contributed by atoms with van der Waals surface area (Å²) in [4.78, 5) is 118. The zero-order chi connectivity index (χ0) is 33.9. The average molecular weight is 626 g/mol. The monoisotopic (exact) mass is 626 g/mol. The highest BCUT2D eigenvalue weighted by molar-refractivity contribution is 5.96. The Labute approximate surface area is 238 Å². The fourth-order valence-corrected chi connectivity index (χ4v) is 2.84. The van der Waals surface area contributed by atoms with Gasteiger partial charge in [-0.3, -0.25) is 24.0 Å². The molecular formula is C22H26O21. The highest BCUT2D eigenvalue weighted by Gasteiger charge is 2.50. The summed E-state index contributed by atoms with van der Waals surface area (Å²) >= 11 is 0. The highest BCUT2D eigenvalue weighted by Crippen LogP contribution is 2.26. The summed E-state index contributed by atoms with van der Waals surface area (Å²) < 4.78 is 17.2. The number of aliphatic hydroxyl groups is 3. The maximum absolute atomic E-state index is 12.4. The van der Waals surface area contributed by atoms with Crippen molar-refractivity contribution in [2.24, 2.45) is 0 Å². The van der Waals surface area contributed by atoms with E-state index in [-0.39, 0.29) is 0 Å². The van der Waals surface area contributed by atoms with E-state index in [0.29, 0.717) is 0 Å². The minimum atomic E-state index is -3.38. The van der Waals surface area contributed by atoms with Gasteiger partial charge in [0, 0.05) is 0 Å². The number of carboxylic acids is 4. The molecule has 7 N–H and O–H groups in total. The van der Waals surface area contributed by atoms with Gasteiger partial charge in [-0.25, -0.2) is 24.0 Å². The van der Waals surface area contributed by atoms with E-state index in [0.717, 1.165) is 13.8 Å². The molecule has 0 aliphatic heterocycles. The maximum Gasteiger partial charge on any atom is 0.349 e.